The molecule has 0 aliphatic rings. The van der Waals surface area contributed by atoms with Crippen molar-refractivity contribution in [2.24, 2.45) is 0 Å². The molecule has 0 spiro atoms. The summed E-state index contributed by atoms with van der Waals surface area (Å²) < 4.78 is 10.4. The van der Waals surface area contributed by atoms with E-state index in [1.54, 1.807) is 32.9 Å². The molecule has 1 heterocycles. The third-order valence-electron chi connectivity index (χ3n) is 1.90. The van der Waals surface area contributed by atoms with Gasteiger partial charge >= 0.3 is 12.1 Å². The van der Waals surface area contributed by atoms with Gasteiger partial charge in [-0.3, -0.25) is 0 Å². The predicted octanol–water partition coefficient (Wildman–Crippen LogP) is 3.17. The van der Waals surface area contributed by atoms with Crippen LogP contribution in [0.25, 0.3) is 11.1 Å². The van der Waals surface area contributed by atoms with Crippen LogP contribution in [0.5, 0.6) is 0 Å². The van der Waals surface area contributed by atoms with Gasteiger partial charge in [0.2, 0.25) is 0 Å². The number of fused-ring (bicyclic) bond motifs is 1. The largest absolute Gasteiger partial charge is 0.443 e. The van der Waals surface area contributed by atoms with Gasteiger partial charge in [0.1, 0.15) is 11.1 Å². The van der Waals surface area contributed by atoms with Crippen molar-refractivity contribution in [2.75, 3.05) is 5.32 Å². The molecule has 2 rings (SSSR count). The highest BCUT2D eigenvalue weighted by molar-refractivity contribution is 5.84. The number of anilines is 1. The number of aromatic nitrogens is 1. The molecule has 1 aromatic heterocycles. The normalized spacial score (nSPS) is 11.5. The predicted molar refractivity (Wildman–Crippen MR) is 63.9 cm³/mol. The van der Waals surface area contributed by atoms with E-state index in [1.165, 1.54) is 0 Å². The van der Waals surface area contributed by atoms with E-state index in [1.807, 2.05) is 12.1 Å². The van der Waals surface area contributed by atoms with E-state index in [0.717, 1.165) is 0 Å². The summed E-state index contributed by atoms with van der Waals surface area (Å²) in [5, 5.41) is 2.45. The van der Waals surface area contributed by atoms with Crippen molar-refractivity contribution in [2.45, 2.75) is 26.4 Å². The standard InChI is InChI=1S/C12H14N2O3/c1-12(2,3)17-11(15)14-10-13-8-6-4-5-7-9(8)16-10/h4-7H,1-3H3,(H,13,14,15). The van der Waals surface area contributed by atoms with Crippen LogP contribution in [0.3, 0.4) is 0 Å². The number of hydrogen-bond donors (Lipinski definition) is 1. The minimum Gasteiger partial charge on any atom is -0.443 e. The van der Waals surface area contributed by atoms with Gasteiger partial charge < -0.3 is 9.15 Å². The molecule has 0 unspecified atom stereocenters. The summed E-state index contributed by atoms with van der Waals surface area (Å²) in [7, 11) is 0. The Hall–Kier alpha value is -2.04. The minimum absolute atomic E-state index is 0.139. The Morgan fingerprint density at radius 1 is 1.35 bits per heavy atom. The number of amides is 1. The van der Waals surface area contributed by atoms with E-state index in [4.69, 9.17) is 9.15 Å². The van der Waals surface area contributed by atoms with E-state index in [9.17, 15) is 4.79 Å². The molecule has 0 fully saturated rings. The van der Waals surface area contributed by atoms with E-state index >= 15 is 0 Å². The molecule has 0 aliphatic carbocycles. The Morgan fingerprint density at radius 2 is 2.06 bits per heavy atom. The Labute approximate surface area is 98.8 Å². The molecule has 1 aromatic carbocycles. The first-order valence-electron chi connectivity index (χ1n) is 5.30. The highest BCUT2D eigenvalue weighted by Gasteiger charge is 2.17. The van der Waals surface area contributed by atoms with Gasteiger partial charge in [0.05, 0.1) is 0 Å². The molecule has 90 valence electrons. The zero-order valence-corrected chi connectivity index (χ0v) is 9.98. The summed E-state index contributed by atoms with van der Waals surface area (Å²) >= 11 is 0. The zero-order valence-electron chi connectivity index (χ0n) is 9.98. The van der Waals surface area contributed by atoms with Gasteiger partial charge in [-0.25, -0.2) is 10.1 Å². The second kappa shape index (κ2) is 4.08. The fourth-order valence-corrected chi connectivity index (χ4v) is 1.32. The van der Waals surface area contributed by atoms with Gasteiger partial charge in [0.25, 0.3) is 0 Å². The summed E-state index contributed by atoms with van der Waals surface area (Å²) in [6.45, 7) is 5.37. The number of rotatable bonds is 1. The average molecular weight is 234 g/mol. The Morgan fingerprint density at radius 3 is 2.71 bits per heavy atom. The molecule has 0 atom stereocenters. The van der Waals surface area contributed by atoms with Crippen molar-refractivity contribution in [3.8, 4) is 0 Å². The second-order valence-electron chi connectivity index (χ2n) is 4.61. The number of para-hydroxylation sites is 2. The van der Waals surface area contributed by atoms with Crippen LogP contribution in [0.1, 0.15) is 20.8 Å². The quantitative estimate of drug-likeness (QED) is 0.823. The van der Waals surface area contributed by atoms with Crippen LogP contribution in [-0.4, -0.2) is 16.7 Å². The molecule has 1 amide bonds. The maximum absolute atomic E-state index is 11.5. The number of nitrogens with zero attached hydrogens (tertiary/aromatic N) is 1. The van der Waals surface area contributed by atoms with Gasteiger partial charge in [-0.1, -0.05) is 12.1 Å². The van der Waals surface area contributed by atoms with Gasteiger partial charge in [0, 0.05) is 0 Å². The molecule has 2 aromatic rings. The first-order chi connectivity index (χ1) is 7.94. The lowest BCUT2D eigenvalue weighted by atomic mass is 10.2. The van der Waals surface area contributed by atoms with Crippen molar-refractivity contribution in [3.63, 3.8) is 0 Å². The van der Waals surface area contributed by atoms with Crippen molar-refractivity contribution in [3.05, 3.63) is 24.3 Å². The fourth-order valence-electron chi connectivity index (χ4n) is 1.32. The lowest BCUT2D eigenvalue weighted by Crippen LogP contribution is -2.27. The molecule has 1 N–H and O–H groups in total. The smallest absolute Gasteiger partial charge is 0.415 e. The Bertz CT molecular complexity index is 507. The van der Waals surface area contributed by atoms with E-state index < -0.39 is 11.7 Å². The first-order valence-corrected chi connectivity index (χ1v) is 5.30. The van der Waals surface area contributed by atoms with Crippen LogP contribution in [-0.2, 0) is 4.74 Å². The summed E-state index contributed by atoms with van der Waals surface area (Å²) in [5.41, 5.74) is 0.771. The number of ether oxygens (including phenoxy) is 1. The highest BCUT2D eigenvalue weighted by atomic mass is 16.6. The monoisotopic (exact) mass is 234 g/mol. The SMILES string of the molecule is CC(C)(C)OC(=O)Nc1nc2ccccc2o1. The first kappa shape index (κ1) is 11.4. The third-order valence-corrected chi connectivity index (χ3v) is 1.90. The molecular formula is C12H14N2O3. The van der Waals surface area contributed by atoms with E-state index in [0.29, 0.717) is 11.1 Å². The van der Waals surface area contributed by atoms with Crippen molar-refractivity contribution in [1.82, 2.24) is 4.98 Å². The number of benzene rings is 1. The van der Waals surface area contributed by atoms with Crippen LogP contribution in [0, 0.1) is 0 Å². The fraction of sp³-hybridized carbons (Fsp3) is 0.333. The lowest BCUT2D eigenvalue weighted by Gasteiger charge is -2.18. The molecule has 17 heavy (non-hydrogen) atoms. The van der Waals surface area contributed by atoms with E-state index in [-0.39, 0.29) is 6.01 Å². The minimum atomic E-state index is -0.580. The third kappa shape index (κ3) is 2.96. The van der Waals surface area contributed by atoms with Gasteiger partial charge in [-0.15, -0.1) is 0 Å². The maximum atomic E-state index is 11.5. The summed E-state index contributed by atoms with van der Waals surface area (Å²) in [6.07, 6.45) is -0.580. The van der Waals surface area contributed by atoms with Crippen molar-refractivity contribution in [1.29, 1.82) is 0 Å². The number of carbonyl (C=O) groups excluding carboxylic acids is 1. The van der Waals surface area contributed by atoms with Crippen LogP contribution < -0.4 is 5.32 Å². The lowest BCUT2D eigenvalue weighted by molar-refractivity contribution is 0.0632. The zero-order chi connectivity index (χ0) is 12.5. The summed E-state index contributed by atoms with van der Waals surface area (Å²) in [5.74, 6) is 0. The Balaban J connectivity index is 2.11. The summed E-state index contributed by atoms with van der Waals surface area (Å²) in [6, 6.07) is 7.41. The molecule has 0 saturated carbocycles. The topological polar surface area (TPSA) is 64.4 Å². The van der Waals surface area contributed by atoms with Crippen molar-refractivity contribution < 1.29 is 13.9 Å². The average Bonchev–Trinajstić information content (AvgIpc) is 2.55. The van der Waals surface area contributed by atoms with Gasteiger partial charge in [0.15, 0.2) is 5.58 Å². The molecule has 5 nitrogen and oxygen atoms in total. The number of carbonyl (C=O) groups is 1. The Kier molecular flexibility index (Phi) is 2.75. The van der Waals surface area contributed by atoms with Gasteiger partial charge in [-0.05, 0) is 32.9 Å². The highest BCUT2D eigenvalue weighted by Crippen LogP contribution is 2.18. The number of oxazole rings is 1. The van der Waals surface area contributed by atoms with Crippen LogP contribution in [0.15, 0.2) is 28.7 Å². The molecule has 0 saturated heterocycles. The summed E-state index contributed by atoms with van der Waals surface area (Å²) in [4.78, 5) is 15.6. The maximum Gasteiger partial charge on any atom is 0.415 e. The second-order valence-corrected chi connectivity index (χ2v) is 4.61. The molecule has 5 heteroatoms. The van der Waals surface area contributed by atoms with Gasteiger partial charge in [-0.2, -0.15) is 4.98 Å². The van der Waals surface area contributed by atoms with Crippen molar-refractivity contribution >= 4 is 23.2 Å². The molecule has 0 radical (unpaired) electrons. The molecule has 0 aliphatic heterocycles. The number of nitrogens with one attached hydrogen (secondary N) is 1. The molecule has 0 bridgehead atoms. The van der Waals surface area contributed by atoms with Crippen LogP contribution in [0.2, 0.25) is 0 Å². The molecular weight excluding hydrogens is 220 g/mol. The van der Waals surface area contributed by atoms with E-state index in [2.05, 4.69) is 10.3 Å². The number of hydrogen-bond acceptors (Lipinski definition) is 4. The van der Waals surface area contributed by atoms with Crippen LogP contribution >= 0.6 is 0 Å². The van der Waals surface area contributed by atoms with Crippen LogP contribution in [0.4, 0.5) is 10.8 Å².